The Labute approximate surface area is 147 Å². The zero-order valence-electron chi connectivity index (χ0n) is 14.8. The molecule has 0 unspecified atom stereocenters. The van der Waals surface area contributed by atoms with Crippen molar-refractivity contribution in [2.24, 2.45) is 0 Å². The molecule has 2 N–H and O–H groups in total. The monoisotopic (exact) mass is 346 g/mol. The molecule has 0 aliphatic carbocycles. The highest BCUT2D eigenvalue weighted by Crippen LogP contribution is 2.16. The van der Waals surface area contributed by atoms with Crippen LogP contribution in [0.2, 0.25) is 0 Å². The van der Waals surface area contributed by atoms with Gasteiger partial charge in [-0.15, -0.1) is 0 Å². The van der Waals surface area contributed by atoms with Crippen LogP contribution in [0.15, 0.2) is 24.3 Å². The summed E-state index contributed by atoms with van der Waals surface area (Å²) in [5.74, 6) is -0.0255. The van der Waals surface area contributed by atoms with Gasteiger partial charge in [0.1, 0.15) is 6.10 Å². The molecule has 7 heteroatoms. The van der Waals surface area contributed by atoms with Crippen LogP contribution < -0.4 is 5.32 Å². The molecule has 1 amide bonds. The van der Waals surface area contributed by atoms with E-state index in [0.717, 1.165) is 29.6 Å². The number of carbonyl (C=O) groups excluding carboxylic acids is 1. The molecule has 0 spiro atoms. The molecule has 1 aromatic heterocycles. The van der Waals surface area contributed by atoms with Crippen LogP contribution in [-0.2, 0) is 20.7 Å². The second kappa shape index (κ2) is 8.42. The number of hydrogen-bond acceptors (Lipinski definition) is 5. The first-order chi connectivity index (χ1) is 12.1. The summed E-state index contributed by atoms with van der Waals surface area (Å²) in [4.78, 5) is 14.6. The van der Waals surface area contributed by atoms with Gasteiger partial charge in [0.2, 0.25) is 5.91 Å². The van der Waals surface area contributed by atoms with E-state index in [-0.39, 0.29) is 24.5 Å². The first-order valence-electron chi connectivity index (χ1n) is 8.69. The summed E-state index contributed by atoms with van der Waals surface area (Å²) in [6, 6.07) is 7.78. The number of carbonyl (C=O) groups is 1. The number of likely N-dealkylation sites (N-methyl/N-ethyl adjacent to an activating group) is 1. The number of benzene rings is 1. The zero-order chi connectivity index (χ0) is 17.6. The fourth-order valence-corrected chi connectivity index (χ4v) is 3.00. The predicted molar refractivity (Wildman–Crippen MR) is 95.5 cm³/mol. The van der Waals surface area contributed by atoms with E-state index in [0.29, 0.717) is 19.8 Å². The van der Waals surface area contributed by atoms with E-state index < -0.39 is 0 Å². The van der Waals surface area contributed by atoms with Crippen LogP contribution >= 0.6 is 0 Å². The number of hydrogen-bond donors (Lipinski definition) is 2. The van der Waals surface area contributed by atoms with Gasteiger partial charge < -0.3 is 19.7 Å². The Morgan fingerprint density at radius 2 is 2.28 bits per heavy atom. The Kier molecular flexibility index (Phi) is 6.01. The van der Waals surface area contributed by atoms with Gasteiger partial charge in [-0.3, -0.25) is 9.89 Å². The second-order valence-corrected chi connectivity index (χ2v) is 6.65. The minimum absolute atomic E-state index is 0.0161. The molecule has 7 nitrogen and oxygen atoms in total. The van der Waals surface area contributed by atoms with Gasteiger partial charge in [-0.25, -0.2) is 0 Å². The Balaban J connectivity index is 1.56. The molecular weight excluding hydrogens is 320 g/mol. The Hall–Kier alpha value is -1.96. The molecule has 1 aromatic carbocycles. The molecule has 2 atom stereocenters. The molecule has 0 radical (unpaired) electrons. The first kappa shape index (κ1) is 17.8. The van der Waals surface area contributed by atoms with Crippen molar-refractivity contribution in [2.75, 3.05) is 40.5 Å². The minimum Gasteiger partial charge on any atom is -0.379 e. The van der Waals surface area contributed by atoms with E-state index >= 15 is 0 Å². The summed E-state index contributed by atoms with van der Waals surface area (Å²) in [6.45, 7) is 2.63. The van der Waals surface area contributed by atoms with Gasteiger partial charge in [-0.1, -0.05) is 18.2 Å². The fourth-order valence-electron chi connectivity index (χ4n) is 3.00. The number of fused-ring (bicyclic) bond motifs is 1. The maximum Gasteiger partial charge on any atom is 0.226 e. The highest BCUT2D eigenvalue weighted by atomic mass is 16.5. The fraction of sp³-hybridized carbons (Fsp3) is 0.556. The van der Waals surface area contributed by atoms with Crippen LogP contribution in [0.4, 0.5) is 0 Å². The second-order valence-electron chi connectivity index (χ2n) is 6.65. The lowest BCUT2D eigenvalue weighted by atomic mass is 10.1. The lowest BCUT2D eigenvalue weighted by Gasteiger charge is -2.32. The van der Waals surface area contributed by atoms with Gasteiger partial charge in [0.15, 0.2) is 0 Å². The van der Waals surface area contributed by atoms with E-state index in [1.807, 2.05) is 38.4 Å². The molecule has 0 bridgehead atoms. The van der Waals surface area contributed by atoms with E-state index in [1.54, 1.807) is 0 Å². The van der Waals surface area contributed by atoms with Gasteiger partial charge in [0, 0.05) is 18.5 Å². The summed E-state index contributed by atoms with van der Waals surface area (Å²) >= 11 is 0. The van der Waals surface area contributed by atoms with Crippen LogP contribution in [-0.4, -0.2) is 73.6 Å². The normalized spacial score (nSPS) is 20.9. The Bertz CT molecular complexity index is 700. The number of para-hydroxylation sites is 1. The highest BCUT2D eigenvalue weighted by molar-refractivity contribution is 5.87. The molecule has 136 valence electrons. The number of nitrogens with zero attached hydrogens (tertiary/aromatic N) is 2. The minimum atomic E-state index is -0.101. The molecule has 2 aromatic rings. The Morgan fingerprint density at radius 1 is 1.44 bits per heavy atom. The molecule has 3 rings (SSSR count). The number of rotatable bonds is 7. The van der Waals surface area contributed by atoms with E-state index in [4.69, 9.17) is 9.47 Å². The number of aromatic nitrogens is 2. The molecule has 0 saturated carbocycles. The number of amides is 1. The van der Waals surface area contributed by atoms with Gasteiger partial charge in [0.25, 0.3) is 0 Å². The van der Waals surface area contributed by atoms with E-state index in [2.05, 4.69) is 20.4 Å². The average Bonchev–Trinajstić information content (AvgIpc) is 2.99. The molecule has 25 heavy (non-hydrogen) atoms. The van der Waals surface area contributed by atoms with Crippen LogP contribution in [0.25, 0.3) is 10.9 Å². The number of ether oxygens (including phenoxy) is 2. The van der Waals surface area contributed by atoms with Crippen molar-refractivity contribution < 1.29 is 14.3 Å². The zero-order valence-corrected chi connectivity index (χ0v) is 14.8. The number of H-pyrrole nitrogens is 1. The van der Waals surface area contributed by atoms with Crippen LogP contribution in [0.3, 0.4) is 0 Å². The quantitative estimate of drug-likeness (QED) is 0.781. The van der Waals surface area contributed by atoms with Gasteiger partial charge in [-0.2, -0.15) is 5.10 Å². The largest absolute Gasteiger partial charge is 0.379 e. The molecule has 1 aliphatic rings. The van der Waals surface area contributed by atoms with Gasteiger partial charge in [-0.05, 0) is 26.6 Å². The number of aromatic amines is 1. The summed E-state index contributed by atoms with van der Waals surface area (Å²) in [6.07, 6.45) is 0.945. The van der Waals surface area contributed by atoms with Gasteiger partial charge >= 0.3 is 0 Å². The molecule has 1 saturated heterocycles. The molecular formula is C18H26N4O3. The van der Waals surface area contributed by atoms with Crippen molar-refractivity contribution in [3.63, 3.8) is 0 Å². The lowest BCUT2D eigenvalue weighted by molar-refractivity contribution is -0.125. The third kappa shape index (κ3) is 4.78. The average molecular weight is 346 g/mol. The highest BCUT2D eigenvalue weighted by Gasteiger charge is 2.28. The summed E-state index contributed by atoms with van der Waals surface area (Å²) in [5, 5.41) is 11.3. The summed E-state index contributed by atoms with van der Waals surface area (Å²) in [7, 11) is 4.02. The lowest BCUT2D eigenvalue weighted by Crippen LogP contribution is -2.50. The first-order valence-corrected chi connectivity index (χ1v) is 8.69. The molecule has 1 aliphatic heterocycles. The maximum atomic E-state index is 12.5. The van der Waals surface area contributed by atoms with Crippen molar-refractivity contribution in [3.8, 4) is 0 Å². The van der Waals surface area contributed by atoms with Crippen LogP contribution in [0.5, 0.6) is 0 Å². The van der Waals surface area contributed by atoms with Crippen molar-refractivity contribution in [1.29, 1.82) is 0 Å². The van der Waals surface area contributed by atoms with Gasteiger partial charge in [0.05, 0.1) is 36.9 Å². The molecule has 2 heterocycles. The molecule has 1 fully saturated rings. The summed E-state index contributed by atoms with van der Waals surface area (Å²) in [5.41, 5.74) is 1.71. The van der Waals surface area contributed by atoms with Crippen molar-refractivity contribution in [1.82, 2.24) is 20.4 Å². The maximum absolute atomic E-state index is 12.5. The predicted octanol–water partition coefficient (Wildman–Crippen LogP) is 0.957. The van der Waals surface area contributed by atoms with Crippen molar-refractivity contribution >= 4 is 16.8 Å². The van der Waals surface area contributed by atoms with E-state index in [9.17, 15) is 4.79 Å². The smallest absolute Gasteiger partial charge is 0.226 e. The SMILES string of the molecule is CN(C)CCO[C@@H]1COCC[C@H]1NC(=O)Cc1[nH]nc2ccccc12. The topological polar surface area (TPSA) is 79.5 Å². The number of nitrogens with one attached hydrogen (secondary N) is 2. The third-order valence-corrected chi connectivity index (χ3v) is 4.40. The standard InChI is InChI=1S/C18H26N4O3/c1-22(2)8-10-25-17-12-24-9-7-15(17)19-18(23)11-16-13-5-3-4-6-14(13)20-21-16/h3-6,15,17H,7-12H2,1-2H3,(H,19,23)(H,20,21)/t15-,17-/m1/s1. The third-order valence-electron chi connectivity index (χ3n) is 4.40. The summed E-state index contributed by atoms with van der Waals surface area (Å²) < 4.78 is 11.4. The van der Waals surface area contributed by atoms with Crippen molar-refractivity contribution in [2.45, 2.75) is 25.0 Å². The van der Waals surface area contributed by atoms with Crippen LogP contribution in [0, 0.1) is 0 Å². The van der Waals surface area contributed by atoms with E-state index in [1.165, 1.54) is 0 Å². The van der Waals surface area contributed by atoms with Crippen LogP contribution in [0.1, 0.15) is 12.1 Å². The van der Waals surface area contributed by atoms with Crippen molar-refractivity contribution in [3.05, 3.63) is 30.0 Å². The Morgan fingerprint density at radius 3 is 3.12 bits per heavy atom.